The molecule has 3 heterocycles. The molecule has 0 saturated carbocycles. The Labute approximate surface area is 98.4 Å². The molecule has 0 aliphatic carbocycles. The van der Waals surface area contributed by atoms with Crippen molar-refractivity contribution >= 4 is 22.8 Å². The normalized spacial score (nSPS) is 19.3. The molecule has 0 radical (unpaired) electrons. The van der Waals surface area contributed by atoms with Crippen LogP contribution in [0.2, 0.25) is 0 Å². The number of hydrogen-bond acceptors (Lipinski definition) is 4. The lowest BCUT2D eigenvalue weighted by molar-refractivity contribution is 1.06. The van der Waals surface area contributed by atoms with Gasteiger partial charge in [-0.3, -0.25) is 4.98 Å². The van der Waals surface area contributed by atoms with Crippen molar-refractivity contribution in [2.24, 2.45) is 4.99 Å². The van der Waals surface area contributed by atoms with Crippen LogP contribution in [0.3, 0.4) is 0 Å². The van der Waals surface area contributed by atoms with Gasteiger partial charge in [-0.15, -0.1) is 0 Å². The lowest BCUT2D eigenvalue weighted by Crippen LogP contribution is -2.33. The van der Waals surface area contributed by atoms with Gasteiger partial charge in [-0.2, -0.15) is 0 Å². The zero-order chi connectivity index (χ0) is 11.2. The van der Waals surface area contributed by atoms with E-state index in [1.165, 1.54) is 5.56 Å². The molecule has 2 aliphatic rings. The summed E-state index contributed by atoms with van der Waals surface area (Å²) >= 11 is 0. The summed E-state index contributed by atoms with van der Waals surface area (Å²) in [5.74, 6) is 0. The van der Waals surface area contributed by atoms with Crippen molar-refractivity contribution in [3.8, 4) is 0 Å². The molecule has 1 atom stereocenters. The highest BCUT2D eigenvalue weighted by molar-refractivity contribution is 6.17. The topological polar surface area (TPSA) is 49.3 Å². The van der Waals surface area contributed by atoms with Crippen LogP contribution in [0.5, 0.6) is 0 Å². The number of para-hydroxylation sites is 1. The first-order valence-corrected chi connectivity index (χ1v) is 5.57. The lowest BCUT2D eigenvalue weighted by atomic mass is 10.1. The SMILES string of the molecule is c1ccc2c(c1)N[C@H]1Nc3cnccc3N=C21. The first-order valence-electron chi connectivity index (χ1n) is 5.57. The molecule has 2 N–H and O–H groups in total. The van der Waals surface area contributed by atoms with Gasteiger partial charge in [-0.1, -0.05) is 18.2 Å². The predicted octanol–water partition coefficient (Wildman–Crippen LogP) is 2.38. The fourth-order valence-corrected chi connectivity index (χ4v) is 2.32. The molecule has 4 nitrogen and oxygen atoms in total. The second-order valence-corrected chi connectivity index (χ2v) is 4.16. The van der Waals surface area contributed by atoms with E-state index in [9.17, 15) is 0 Å². The van der Waals surface area contributed by atoms with Gasteiger partial charge in [-0.25, -0.2) is 4.99 Å². The van der Waals surface area contributed by atoms with Crippen molar-refractivity contribution < 1.29 is 0 Å². The Morgan fingerprint density at radius 3 is 2.88 bits per heavy atom. The monoisotopic (exact) mass is 222 g/mol. The molecule has 1 aromatic carbocycles. The van der Waals surface area contributed by atoms with Crippen LogP contribution in [0.25, 0.3) is 0 Å². The molecule has 0 bridgehead atoms. The van der Waals surface area contributed by atoms with Crippen LogP contribution in [-0.2, 0) is 0 Å². The van der Waals surface area contributed by atoms with E-state index in [-0.39, 0.29) is 6.17 Å². The lowest BCUT2D eigenvalue weighted by Gasteiger charge is -2.21. The molecule has 0 fully saturated rings. The molecule has 2 aromatic rings. The minimum Gasteiger partial charge on any atom is -0.360 e. The average Bonchev–Trinajstić information content (AvgIpc) is 2.73. The number of nitrogens with zero attached hydrogens (tertiary/aromatic N) is 2. The zero-order valence-corrected chi connectivity index (χ0v) is 9.01. The highest BCUT2D eigenvalue weighted by Gasteiger charge is 2.30. The number of rotatable bonds is 0. The van der Waals surface area contributed by atoms with E-state index in [1.807, 2.05) is 18.2 Å². The summed E-state index contributed by atoms with van der Waals surface area (Å²) < 4.78 is 0. The molecule has 0 spiro atoms. The Morgan fingerprint density at radius 1 is 1.00 bits per heavy atom. The third-order valence-corrected chi connectivity index (χ3v) is 3.12. The zero-order valence-electron chi connectivity index (χ0n) is 9.01. The number of aliphatic imine (C=N–C) groups is 1. The first-order chi connectivity index (χ1) is 8.42. The fraction of sp³-hybridized carbons (Fsp3) is 0.0769. The smallest absolute Gasteiger partial charge is 0.141 e. The Morgan fingerprint density at radius 2 is 1.88 bits per heavy atom. The Bertz CT molecular complexity index is 627. The second-order valence-electron chi connectivity index (χ2n) is 4.16. The number of fused-ring (bicyclic) bond motifs is 4. The van der Waals surface area contributed by atoms with Crippen molar-refractivity contribution in [3.63, 3.8) is 0 Å². The molecule has 4 rings (SSSR count). The van der Waals surface area contributed by atoms with E-state index < -0.39 is 0 Å². The van der Waals surface area contributed by atoms with Gasteiger partial charge in [-0.05, 0) is 12.1 Å². The molecule has 0 unspecified atom stereocenters. The molecule has 0 saturated heterocycles. The first kappa shape index (κ1) is 8.75. The minimum atomic E-state index is 0.0594. The summed E-state index contributed by atoms with van der Waals surface area (Å²) in [6.45, 7) is 0. The van der Waals surface area contributed by atoms with Crippen LogP contribution in [0.15, 0.2) is 47.7 Å². The highest BCUT2D eigenvalue weighted by Crippen LogP contribution is 2.35. The van der Waals surface area contributed by atoms with Gasteiger partial charge in [0.2, 0.25) is 0 Å². The van der Waals surface area contributed by atoms with Gasteiger partial charge in [0.15, 0.2) is 0 Å². The van der Waals surface area contributed by atoms with Crippen LogP contribution in [0.1, 0.15) is 5.56 Å². The summed E-state index contributed by atoms with van der Waals surface area (Å²) in [4.78, 5) is 8.80. The van der Waals surface area contributed by atoms with Crippen molar-refractivity contribution in [1.82, 2.24) is 4.98 Å². The molecule has 0 amide bonds. The van der Waals surface area contributed by atoms with Crippen molar-refractivity contribution in [2.45, 2.75) is 6.17 Å². The quantitative estimate of drug-likeness (QED) is 0.719. The van der Waals surface area contributed by atoms with Crippen LogP contribution in [0.4, 0.5) is 17.1 Å². The van der Waals surface area contributed by atoms with Gasteiger partial charge >= 0.3 is 0 Å². The van der Waals surface area contributed by atoms with Gasteiger partial charge < -0.3 is 10.6 Å². The standard InChI is InChI=1S/C13H10N4/c1-2-4-9-8(3-1)12-13(16-9)17-11-7-14-6-5-10(11)15-12/h1-7,13,16-17H/t13-/m0/s1. The van der Waals surface area contributed by atoms with Gasteiger partial charge in [0.25, 0.3) is 0 Å². The molecular weight excluding hydrogens is 212 g/mol. The van der Waals surface area contributed by atoms with E-state index in [0.717, 1.165) is 22.8 Å². The largest absolute Gasteiger partial charge is 0.360 e. The van der Waals surface area contributed by atoms with Crippen LogP contribution >= 0.6 is 0 Å². The second kappa shape index (κ2) is 3.07. The van der Waals surface area contributed by atoms with Crippen molar-refractivity contribution in [1.29, 1.82) is 0 Å². The number of pyridine rings is 1. The van der Waals surface area contributed by atoms with E-state index in [2.05, 4.69) is 27.8 Å². The Hall–Kier alpha value is -2.36. The maximum absolute atomic E-state index is 4.70. The third-order valence-electron chi connectivity index (χ3n) is 3.12. The summed E-state index contributed by atoms with van der Waals surface area (Å²) in [6.07, 6.45) is 3.63. The van der Waals surface area contributed by atoms with Crippen LogP contribution in [-0.4, -0.2) is 16.9 Å². The van der Waals surface area contributed by atoms with Gasteiger partial charge in [0.05, 0.1) is 23.3 Å². The average molecular weight is 222 g/mol. The molecule has 1 aromatic heterocycles. The predicted molar refractivity (Wildman–Crippen MR) is 67.9 cm³/mol. The molecule has 4 heteroatoms. The summed E-state index contributed by atoms with van der Waals surface area (Å²) in [5.41, 5.74) is 5.28. The number of benzene rings is 1. The number of anilines is 2. The van der Waals surface area contributed by atoms with E-state index in [1.54, 1.807) is 12.4 Å². The number of hydrogen-bond donors (Lipinski definition) is 2. The summed E-state index contributed by atoms with van der Waals surface area (Å²) in [6, 6.07) is 10.1. The molecule has 2 aliphatic heterocycles. The maximum atomic E-state index is 4.70. The number of nitrogens with one attached hydrogen (secondary N) is 2. The van der Waals surface area contributed by atoms with E-state index >= 15 is 0 Å². The van der Waals surface area contributed by atoms with Crippen molar-refractivity contribution in [2.75, 3.05) is 10.6 Å². The van der Waals surface area contributed by atoms with Gasteiger partial charge in [0.1, 0.15) is 6.17 Å². The Kier molecular flexibility index (Phi) is 1.58. The molecule has 17 heavy (non-hydrogen) atoms. The van der Waals surface area contributed by atoms with Gasteiger partial charge in [0, 0.05) is 17.4 Å². The van der Waals surface area contributed by atoms with Crippen molar-refractivity contribution in [3.05, 3.63) is 48.3 Å². The summed E-state index contributed by atoms with van der Waals surface area (Å²) in [7, 11) is 0. The Balaban J connectivity index is 1.91. The van der Waals surface area contributed by atoms with E-state index in [0.29, 0.717) is 0 Å². The van der Waals surface area contributed by atoms with E-state index in [4.69, 9.17) is 4.99 Å². The molecular formula is C13H10N4. The maximum Gasteiger partial charge on any atom is 0.141 e. The summed E-state index contributed by atoms with van der Waals surface area (Å²) in [5, 5.41) is 6.81. The van der Waals surface area contributed by atoms with Crippen LogP contribution < -0.4 is 10.6 Å². The third kappa shape index (κ3) is 1.18. The van der Waals surface area contributed by atoms with Crippen LogP contribution in [0, 0.1) is 0 Å². The fourth-order valence-electron chi connectivity index (χ4n) is 2.32. The minimum absolute atomic E-state index is 0.0594. The highest BCUT2D eigenvalue weighted by atomic mass is 15.2. The molecule has 82 valence electrons. The number of aromatic nitrogens is 1.